The Labute approximate surface area is 155 Å². The molecule has 26 heavy (non-hydrogen) atoms. The van der Waals surface area contributed by atoms with E-state index in [1.165, 1.54) is 21.9 Å². The van der Waals surface area contributed by atoms with Crippen molar-refractivity contribution >= 4 is 16.5 Å². The molecule has 3 aromatic rings. The molecule has 4 rings (SSSR count). The number of hydrogen-bond donors (Lipinski definition) is 1. The number of nitrogens with two attached hydrogens (primary N) is 1. The molecule has 2 heteroatoms. The minimum Gasteiger partial charge on any atom is -0.485 e. The average molecular weight is 343 g/mol. The van der Waals surface area contributed by atoms with Crippen LogP contribution in [0, 0.1) is 12.8 Å². The molecule has 2 atom stereocenters. The Balaban J connectivity index is 1.84. The lowest BCUT2D eigenvalue weighted by atomic mass is 9.77. The molecule has 0 fully saturated rings. The first-order chi connectivity index (χ1) is 12.7. The lowest BCUT2D eigenvalue weighted by Crippen LogP contribution is -2.25. The second kappa shape index (κ2) is 6.87. The van der Waals surface area contributed by atoms with Gasteiger partial charge < -0.3 is 10.5 Å². The van der Waals surface area contributed by atoms with Crippen molar-refractivity contribution in [1.82, 2.24) is 0 Å². The van der Waals surface area contributed by atoms with Crippen LogP contribution in [0.25, 0.3) is 10.8 Å². The summed E-state index contributed by atoms with van der Waals surface area (Å²) in [5.74, 6) is 1.27. The Morgan fingerprint density at radius 3 is 2.81 bits per heavy atom. The van der Waals surface area contributed by atoms with Crippen molar-refractivity contribution in [2.24, 2.45) is 5.92 Å². The average Bonchev–Trinajstić information content (AvgIpc) is 2.62. The number of benzene rings is 3. The SMILES string of the molecule is C=CCC1CCc2ccc3ccccc3c2C1Oc1cc(C)cc(N)c1. The molecular weight excluding hydrogens is 318 g/mol. The highest BCUT2D eigenvalue weighted by Crippen LogP contribution is 2.43. The molecule has 0 spiro atoms. The monoisotopic (exact) mass is 343 g/mol. The number of ether oxygens (including phenoxy) is 1. The van der Waals surface area contributed by atoms with Gasteiger partial charge in [-0.25, -0.2) is 0 Å². The van der Waals surface area contributed by atoms with Crippen molar-refractivity contribution in [2.75, 3.05) is 5.73 Å². The molecule has 0 radical (unpaired) electrons. The second-order valence-electron chi connectivity index (χ2n) is 7.30. The fourth-order valence-corrected chi connectivity index (χ4v) is 4.22. The van der Waals surface area contributed by atoms with Crippen LogP contribution in [0.5, 0.6) is 5.75 Å². The van der Waals surface area contributed by atoms with Crippen LogP contribution in [0.3, 0.4) is 0 Å². The minimum absolute atomic E-state index is 0.0176. The molecule has 3 aromatic carbocycles. The van der Waals surface area contributed by atoms with Crippen LogP contribution >= 0.6 is 0 Å². The van der Waals surface area contributed by atoms with Crippen LogP contribution in [0.2, 0.25) is 0 Å². The molecule has 0 saturated heterocycles. The van der Waals surface area contributed by atoms with E-state index in [0.717, 1.165) is 36.3 Å². The number of hydrogen-bond acceptors (Lipinski definition) is 2. The second-order valence-corrected chi connectivity index (χ2v) is 7.30. The highest BCUT2D eigenvalue weighted by Gasteiger charge is 2.32. The highest BCUT2D eigenvalue weighted by atomic mass is 16.5. The summed E-state index contributed by atoms with van der Waals surface area (Å²) in [6, 6.07) is 19.1. The van der Waals surface area contributed by atoms with Crippen molar-refractivity contribution in [1.29, 1.82) is 0 Å². The van der Waals surface area contributed by atoms with E-state index < -0.39 is 0 Å². The van der Waals surface area contributed by atoms with Crippen LogP contribution in [-0.4, -0.2) is 0 Å². The zero-order valence-corrected chi connectivity index (χ0v) is 15.2. The Morgan fingerprint density at radius 1 is 1.15 bits per heavy atom. The van der Waals surface area contributed by atoms with Gasteiger partial charge in [0.1, 0.15) is 11.9 Å². The van der Waals surface area contributed by atoms with Crippen molar-refractivity contribution < 1.29 is 4.74 Å². The van der Waals surface area contributed by atoms with Crippen molar-refractivity contribution in [3.8, 4) is 5.75 Å². The lowest BCUT2D eigenvalue weighted by molar-refractivity contribution is 0.122. The predicted molar refractivity (Wildman–Crippen MR) is 110 cm³/mol. The summed E-state index contributed by atoms with van der Waals surface area (Å²) >= 11 is 0. The maximum atomic E-state index is 6.59. The smallest absolute Gasteiger partial charge is 0.128 e. The van der Waals surface area contributed by atoms with Crippen molar-refractivity contribution in [2.45, 2.75) is 32.3 Å². The van der Waals surface area contributed by atoms with E-state index in [4.69, 9.17) is 10.5 Å². The predicted octanol–water partition coefficient (Wildman–Crippen LogP) is 5.99. The van der Waals surface area contributed by atoms with E-state index >= 15 is 0 Å². The van der Waals surface area contributed by atoms with E-state index in [-0.39, 0.29) is 6.10 Å². The van der Waals surface area contributed by atoms with Gasteiger partial charge in [0, 0.05) is 23.2 Å². The number of nitrogen functional groups attached to an aromatic ring is 1. The Kier molecular flexibility index (Phi) is 4.42. The number of allylic oxidation sites excluding steroid dienone is 1. The standard InChI is InChI=1S/C24H25NO/c1-3-6-19-12-11-18-10-9-17-7-4-5-8-22(17)23(18)24(19)26-21-14-16(2)13-20(25)15-21/h3-5,7-10,13-15,19,24H,1,6,11-12,25H2,2H3. The van der Waals surface area contributed by atoms with Gasteiger partial charge in [0.15, 0.2) is 0 Å². The molecule has 2 nitrogen and oxygen atoms in total. The van der Waals surface area contributed by atoms with Crippen LogP contribution in [-0.2, 0) is 6.42 Å². The lowest BCUT2D eigenvalue weighted by Gasteiger charge is -2.34. The summed E-state index contributed by atoms with van der Waals surface area (Å²) in [6.07, 6.45) is 5.19. The number of rotatable bonds is 4. The van der Waals surface area contributed by atoms with Gasteiger partial charge in [-0.15, -0.1) is 6.58 Å². The van der Waals surface area contributed by atoms with E-state index in [1.807, 2.05) is 18.2 Å². The third-order valence-corrected chi connectivity index (χ3v) is 5.36. The number of fused-ring (bicyclic) bond motifs is 3. The van der Waals surface area contributed by atoms with Gasteiger partial charge in [0.2, 0.25) is 0 Å². The Bertz CT molecular complexity index is 939. The molecule has 1 aliphatic rings. The molecule has 1 aliphatic carbocycles. The van der Waals surface area contributed by atoms with Gasteiger partial charge in [0.05, 0.1) is 0 Å². The summed E-state index contributed by atoms with van der Waals surface area (Å²) in [6.45, 7) is 6.02. The van der Waals surface area contributed by atoms with Crippen LogP contribution < -0.4 is 10.5 Å². The Morgan fingerprint density at radius 2 is 2.00 bits per heavy atom. The number of aryl methyl sites for hydroxylation is 2. The van der Waals surface area contributed by atoms with Gasteiger partial charge >= 0.3 is 0 Å². The zero-order valence-electron chi connectivity index (χ0n) is 15.2. The van der Waals surface area contributed by atoms with Crippen LogP contribution in [0.15, 0.2) is 67.3 Å². The molecule has 0 aliphatic heterocycles. The molecular formula is C24H25NO. The maximum absolute atomic E-state index is 6.59. The summed E-state index contributed by atoms with van der Waals surface area (Å²) in [5, 5.41) is 2.56. The highest BCUT2D eigenvalue weighted by molar-refractivity contribution is 5.87. The third kappa shape index (κ3) is 3.08. The first kappa shape index (κ1) is 16.7. The van der Waals surface area contributed by atoms with Gasteiger partial charge in [0.25, 0.3) is 0 Å². The summed E-state index contributed by atoms with van der Waals surface area (Å²) in [4.78, 5) is 0. The van der Waals surface area contributed by atoms with Crippen molar-refractivity contribution in [3.05, 3.63) is 83.9 Å². The summed E-state index contributed by atoms with van der Waals surface area (Å²) < 4.78 is 6.59. The fraction of sp³-hybridized carbons (Fsp3) is 0.250. The van der Waals surface area contributed by atoms with Crippen LogP contribution in [0.1, 0.15) is 35.6 Å². The molecule has 0 amide bonds. The zero-order chi connectivity index (χ0) is 18.1. The van der Waals surface area contributed by atoms with Gasteiger partial charge in [-0.2, -0.15) is 0 Å². The number of anilines is 1. The van der Waals surface area contributed by atoms with Crippen molar-refractivity contribution in [3.63, 3.8) is 0 Å². The Hall–Kier alpha value is -2.74. The maximum Gasteiger partial charge on any atom is 0.128 e. The molecule has 2 unspecified atom stereocenters. The molecule has 0 aromatic heterocycles. The molecule has 2 N–H and O–H groups in total. The normalized spacial score (nSPS) is 19.1. The quantitative estimate of drug-likeness (QED) is 0.466. The summed E-state index contributed by atoms with van der Waals surface area (Å²) in [7, 11) is 0. The first-order valence-electron chi connectivity index (χ1n) is 9.31. The third-order valence-electron chi connectivity index (χ3n) is 5.36. The molecule has 0 heterocycles. The fourth-order valence-electron chi connectivity index (χ4n) is 4.22. The molecule has 132 valence electrons. The van der Waals surface area contributed by atoms with E-state index in [0.29, 0.717) is 5.92 Å². The first-order valence-corrected chi connectivity index (χ1v) is 9.31. The van der Waals surface area contributed by atoms with Crippen LogP contribution in [0.4, 0.5) is 5.69 Å². The molecule has 0 saturated carbocycles. The van der Waals surface area contributed by atoms with E-state index in [2.05, 4.69) is 56.0 Å². The van der Waals surface area contributed by atoms with Gasteiger partial charge in [-0.05, 0) is 60.2 Å². The van der Waals surface area contributed by atoms with Gasteiger partial charge in [-0.1, -0.05) is 42.5 Å². The van der Waals surface area contributed by atoms with E-state index in [1.54, 1.807) is 0 Å². The topological polar surface area (TPSA) is 35.2 Å². The molecule has 0 bridgehead atoms. The van der Waals surface area contributed by atoms with Gasteiger partial charge in [-0.3, -0.25) is 0 Å². The van der Waals surface area contributed by atoms with E-state index in [9.17, 15) is 0 Å². The summed E-state index contributed by atoms with van der Waals surface area (Å²) in [5.41, 5.74) is 10.6. The minimum atomic E-state index is 0.0176. The largest absolute Gasteiger partial charge is 0.485 e.